The van der Waals surface area contributed by atoms with Crippen molar-refractivity contribution in [2.24, 2.45) is 0 Å². The van der Waals surface area contributed by atoms with Crippen molar-refractivity contribution in [2.75, 3.05) is 6.61 Å². The number of phenolic OH excluding ortho intramolecular Hbond substituents is 1. The minimum Gasteiger partial charge on any atom is -0.508 e. The molecule has 6 heteroatoms. The van der Waals surface area contributed by atoms with Gasteiger partial charge in [0.05, 0.1) is 0 Å². The summed E-state index contributed by atoms with van der Waals surface area (Å²) in [5.41, 5.74) is 4.39. The third kappa shape index (κ3) is 5.02. The van der Waals surface area contributed by atoms with Gasteiger partial charge in [0, 0.05) is 6.42 Å². The van der Waals surface area contributed by atoms with E-state index in [9.17, 15) is 9.59 Å². The lowest BCUT2D eigenvalue weighted by atomic mass is 10.3. The van der Waals surface area contributed by atoms with Crippen LogP contribution in [-0.2, 0) is 9.59 Å². The molecule has 96 valence electrons. The fraction of sp³-hybridized carbons (Fsp3) is 0.167. The van der Waals surface area contributed by atoms with Crippen molar-refractivity contribution >= 4 is 11.8 Å². The Morgan fingerprint density at radius 2 is 1.83 bits per heavy atom. The van der Waals surface area contributed by atoms with Gasteiger partial charge in [-0.05, 0) is 24.3 Å². The summed E-state index contributed by atoms with van der Waals surface area (Å²) in [6.07, 6.45) is 1.55. The lowest BCUT2D eigenvalue weighted by Crippen LogP contribution is -2.43. The lowest BCUT2D eigenvalue weighted by Gasteiger charge is -2.08. The number of hydrogen-bond donors (Lipinski definition) is 3. The molecule has 2 amide bonds. The molecule has 0 saturated carbocycles. The van der Waals surface area contributed by atoms with Crippen LogP contribution in [0.2, 0.25) is 0 Å². The first-order valence-corrected chi connectivity index (χ1v) is 5.22. The highest BCUT2D eigenvalue weighted by Gasteiger charge is 2.04. The highest BCUT2D eigenvalue weighted by Crippen LogP contribution is 2.15. The van der Waals surface area contributed by atoms with E-state index < -0.39 is 5.91 Å². The Labute approximate surface area is 104 Å². The standard InChI is InChI=1S/C12H14N2O4/c1-2-3-11(16)13-14-12(17)8-18-10-6-4-9(15)5-7-10/h2,4-7,15H,1,3,8H2,(H,13,16)(H,14,17). The second-order valence-electron chi connectivity index (χ2n) is 3.37. The van der Waals surface area contributed by atoms with Crippen molar-refractivity contribution in [3.63, 3.8) is 0 Å². The molecule has 6 nitrogen and oxygen atoms in total. The molecule has 0 aliphatic heterocycles. The quantitative estimate of drug-likeness (QED) is 0.524. The number of aromatic hydroxyl groups is 1. The van der Waals surface area contributed by atoms with Gasteiger partial charge < -0.3 is 9.84 Å². The molecule has 0 aliphatic rings. The van der Waals surface area contributed by atoms with Gasteiger partial charge in [0.25, 0.3) is 5.91 Å². The molecule has 0 atom stereocenters. The van der Waals surface area contributed by atoms with E-state index in [0.717, 1.165) is 0 Å². The van der Waals surface area contributed by atoms with Crippen LogP contribution in [0.25, 0.3) is 0 Å². The Hall–Kier alpha value is -2.50. The van der Waals surface area contributed by atoms with E-state index in [2.05, 4.69) is 17.4 Å². The maximum absolute atomic E-state index is 11.3. The summed E-state index contributed by atoms with van der Waals surface area (Å²) in [4.78, 5) is 22.3. The molecule has 0 aromatic heterocycles. The van der Waals surface area contributed by atoms with Crippen molar-refractivity contribution < 1.29 is 19.4 Å². The fourth-order valence-electron chi connectivity index (χ4n) is 1.05. The van der Waals surface area contributed by atoms with Crippen LogP contribution in [0.1, 0.15) is 6.42 Å². The molecule has 3 N–H and O–H groups in total. The van der Waals surface area contributed by atoms with Gasteiger partial charge in [-0.25, -0.2) is 0 Å². The van der Waals surface area contributed by atoms with E-state index in [0.29, 0.717) is 5.75 Å². The number of carbonyl (C=O) groups excluding carboxylic acids is 2. The SMILES string of the molecule is C=CCC(=O)NNC(=O)COc1ccc(O)cc1. The number of rotatable bonds is 5. The van der Waals surface area contributed by atoms with Gasteiger partial charge in [0.15, 0.2) is 6.61 Å². The zero-order chi connectivity index (χ0) is 13.4. The van der Waals surface area contributed by atoms with Crippen molar-refractivity contribution in [1.82, 2.24) is 10.9 Å². The maximum Gasteiger partial charge on any atom is 0.276 e. The van der Waals surface area contributed by atoms with Gasteiger partial charge in [-0.2, -0.15) is 0 Å². The summed E-state index contributed by atoms with van der Waals surface area (Å²) < 4.78 is 5.12. The first-order chi connectivity index (χ1) is 8.61. The van der Waals surface area contributed by atoms with Gasteiger partial charge in [-0.15, -0.1) is 6.58 Å². The number of hydrazine groups is 1. The smallest absolute Gasteiger partial charge is 0.276 e. The van der Waals surface area contributed by atoms with Crippen molar-refractivity contribution in [1.29, 1.82) is 0 Å². The van der Waals surface area contributed by atoms with Crippen molar-refractivity contribution in [2.45, 2.75) is 6.42 Å². The number of ether oxygens (including phenoxy) is 1. The molecule has 0 radical (unpaired) electrons. The van der Waals surface area contributed by atoms with Gasteiger partial charge in [0.2, 0.25) is 5.91 Å². The van der Waals surface area contributed by atoms with Crippen molar-refractivity contribution in [3.8, 4) is 11.5 Å². The second-order valence-corrected chi connectivity index (χ2v) is 3.37. The van der Waals surface area contributed by atoms with Gasteiger partial charge in [0.1, 0.15) is 11.5 Å². The van der Waals surface area contributed by atoms with E-state index in [1.807, 2.05) is 0 Å². The predicted molar refractivity (Wildman–Crippen MR) is 64.7 cm³/mol. The summed E-state index contributed by atoms with van der Waals surface area (Å²) in [7, 11) is 0. The zero-order valence-electron chi connectivity index (χ0n) is 9.68. The molecule has 0 saturated heterocycles. The fourth-order valence-corrected chi connectivity index (χ4v) is 1.05. The molecule has 1 rings (SSSR count). The van der Waals surface area contributed by atoms with Crippen molar-refractivity contribution in [3.05, 3.63) is 36.9 Å². The summed E-state index contributed by atoms with van der Waals surface area (Å²) in [5, 5.41) is 9.04. The van der Waals surface area contributed by atoms with E-state index >= 15 is 0 Å². The Morgan fingerprint density at radius 3 is 2.44 bits per heavy atom. The average Bonchev–Trinajstić information content (AvgIpc) is 2.36. The topological polar surface area (TPSA) is 87.7 Å². The molecule has 0 heterocycles. The maximum atomic E-state index is 11.3. The van der Waals surface area contributed by atoms with Crippen LogP contribution in [0.3, 0.4) is 0 Å². The van der Waals surface area contributed by atoms with Crippen LogP contribution >= 0.6 is 0 Å². The molecule has 0 bridgehead atoms. The molecule has 0 aliphatic carbocycles. The third-order valence-electron chi connectivity index (χ3n) is 1.88. The number of amides is 2. The minimum absolute atomic E-state index is 0.114. The molecular formula is C12H14N2O4. The van der Waals surface area contributed by atoms with Gasteiger partial charge >= 0.3 is 0 Å². The zero-order valence-corrected chi connectivity index (χ0v) is 9.68. The normalized spacial score (nSPS) is 9.33. The summed E-state index contributed by atoms with van der Waals surface area (Å²) in [6.45, 7) is 3.16. The van der Waals surface area contributed by atoms with Crippen LogP contribution in [0.4, 0.5) is 0 Å². The number of hydrogen-bond acceptors (Lipinski definition) is 4. The molecule has 0 unspecified atom stereocenters. The number of benzene rings is 1. The minimum atomic E-state index is -0.486. The van der Waals surface area contributed by atoms with E-state index in [1.54, 1.807) is 0 Å². The Bertz CT molecular complexity index is 428. The number of carbonyl (C=O) groups is 2. The monoisotopic (exact) mass is 250 g/mol. The van der Waals surface area contributed by atoms with Crippen LogP contribution in [-0.4, -0.2) is 23.5 Å². The third-order valence-corrected chi connectivity index (χ3v) is 1.88. The van der Waals surface area contributed by atoms with Crippen LogP contribution in [0.15, 0.2) is 36.9 Å². The summed E-state index contributed by atoms with van der Waals surface area (Å²) in [6, 6.07) is 5.94. The highest BCUT2D eigenvalue weighted by molar-refractivity contribution is 5.83. The predicted octanol–water partition coefficient (Wildman–Crippen LogP) is 0.494. The number of phenols is 1. The Kier molecular flexibility index (Phi) is 5.24. The lowest BCUT2D eigenvalue weighted by molar-refractivity contribution is -0.129. The van der Waals surface area contributed by atoms with E-state index in [1.165, 1.54) is 30.3 Å². The second kappa shape index (κ2) is 6.95. The van der Waals surface area contributed by atoms with E-state index in [-0.39, 0.29) is 24.7 Å². The van der Waals surface area contributed by atoms with Gasteiger partial charge in [-0.1, -0.05) is 6.08 Å². The van der Waals surface area contributed by atoms with Crippen LogP contribution in [0.5, 0.6) is 11.5 Å². The van der Waals surface area contributed by atoms with E-state index in [4.69, 9.17) is 9.84 Å². The van der Waals surface area contributed by atoms with Gasteiger partial charge in [-0.3, -0.25) is 20.4 Å². The first kappa shape index (κ1) is 13.6. The molecule has 18 heavy (non-hydrogen) atoms. The first-order valence-electron chi connectivity index (χ1n) is 5.22. The highest BCUT2D eigenvalue weighted by atomic mass is 16.5. The van der Waals surface area contributed by atoms with Crippen LogP contribution < -0.4 is 15.6 Å². The molecule has 1 aromatic rings. The summed E-state index contributed by atoms with van der Waals surface area (Å²) in [5.74, 6) is -0.285. The molecular weight excluding hydrogens is 236 g/mol. The largest absolute Gasteiger partial charge is 0.508 e. The molecule has 0 spiro atoms. The van der Waals surface area contributed by atoms with Crippen LogP contribution in [0, 0.1) is 0 Å². The Balaban J connectivity index is 2.26. The molecule has 1 aromatic carbocycles. The average molecular weight is 250 g/mol. The Morgan fingerprint density at radius 1 is 1.22 bits per heavy atom. The summed E-state index contributed by atoms with van der Waals surface area (Å²) >= 11 is 0. The number of nitrogens with one attached hydrogen (secondary N) is 2. The molecule has 0 fully saturated rings.